The molecule has 0 fully saturated rings. The molecule has 0 amide bonds. The molecular weight excluding hydrogens is 615 g/mol. The molecule has 3 unspecified atom stereocenters. The number of anilines is 2. The maximum atomic E-state index is 6.87. The van der Waals surface area contributed by atoms with Crippen molar-refractivity contribution in [2.75, 3.05) is 4.90 Å². The molecule has 240 valence electrons. The summed E-state index contributed by atoms with van der Waals surface area (Å²) in [4.78, 5) is 5.79. The fourth-order valence-electron chi connectivity index (χ4n) is 9.06. The van der Waals surface area contributed by atoms with Gasteiger partial charge >= 0.3 is 0 Å². The van der Waals surface area contributed by atoms with Gasteiger partial charge in [-0.1, -0.05) is 78.9 Å². The Bertz CT molecular complexity index is 2440. The van der Waals surface area contributed by atoms with Crippen molar-refractivity contribution < 1.29 is 9.47 Å². The van der Waals surface area contributed by atoms with Gasteiger partial charge in [-0.05, 0) is 102 Å². The summed E-state index contributed by atoms with van der Waals surface area (Å²) in [5.74, 6) is 3.86. The van der Waals surface area contributed by atoms with E-state index in [1.165, 1.54) is 28.1 Å². The summed E-state index contributed by atoms with van der Waals surface area (Å²) in [6, 6.07) is 43.8. The smallest absolute Gasteiger partial charge is 0.132 e. The van der Waals surface area contributed by atoms with Gasteiger partial charge in [-0.2, -0.15) is 0 Å². The zero-order chi connectivity index (χ0) is 32.8. The van der Waals surface area contributed by atoms with Crippen LogP contribution in [-0.4, -0.2) is 11.1 Å². The van der Waals surface area contributed by atoms with Gasteiger partial charge in [-0.15, -0.1) is 0 Å². The van der Waals surface area contributed by atoms with Crippen molar-refractivity contribution in [1.29, 1.82) is 0 Å². The van der Waals surface area contributed by atoms with E-state index in [9.17, 15) is 0 Å². The van der Waals surface area contributed by atoms with E-state index in [1.54, 1.807) is 0 Å². The normalized spacial score (nSPS) is 21.7. The third-order valence-corrected chi connectivity index (χ3v) is 11.2. The Balaban J connectivity index is 1.09. The highest BCUT2D eigenvalue weighted by Crippen LogP contribution is 2.62. The number of para-hydroxylation sites is 2. The molecule has 50 heavy (non-hydrogen) atoms. The summed E-state index contributed by atoms with van der Waals surface area (Å²) in [6.45, 7) is 0. The van der Waals surface area contributed by atoms with Gasteiger partial charge in [-0.3, -0.25) is 0 Å². The van der Waals surface area contributed by atoms with Gasteiger partial charge in [0.05, 0.1) is 5.41 Å². The number of allylic oxidation sites excluding steroid dienone is 3. The predicted octanol–water partition coefficient (Wildman–Crippen LogP) is 10.5. The average Bonchev–Trinajstić information content (AvgIpc) is 3.94. The van der Waals surface area contributed by atoms with E-state index >= 15 is 0 Å². The van der Waals surface area contributed by atoms with Crippen molar-refractivity contribution in [1.82, 2.24) is 10.3 Å². The lowest BCUT2D eigenvalue weighted by molar-refractivity contribution is 0.367. The molecule has 0 radical (unpaired) electrons. The van der Waals surface area contributed by atoms with Crippen LogP contribution >= 0.6 is 0 Å². The van der Waals surface area contributed by atoms with Crippen LogP contribution in [0, 0.1) is 0 Å². The molecule has 1 aromatic heterocycles. The summed E-state index contributed by atoms with van der Waals surface area (Å²) in [6.07, 6.45) is 12.8. The standard InChI is InChI=1S/C45H33N3O2/c1-2-9-31(10-3-1)48-39-21-18-28(25-33(39)32-22-24-47-44(32)48)29-16-19-36-42(26-29)49-40-14-6-4-11-34(40)45(36)35-12-5-7-15-41(35)50-43-27-30(17-20-37(43)45)38-13-8-23-46-38/h1-4,6-11,13-27,32,44,46-47H,5,12H2. The van der Waals surface area contributed by atoms with Crippen LogP contribution in [0.3, 0.4) is 0 Å². The monoisotopic (exact) mass is 647 g/mol. The molecule has 5 aliphatic rings. The first-order chi connectivity index (χ1) is 24.8. The molecule has 5 aromatic carbocycles. The van der Waals surface area contributed by atoms with Crippen molar-refractivity contribution in [2.24, 2.45) is 0 Å². The second-order valence-electron chi connectivity index (χ2n) is 13.7. The number of hydrogen-bond acceptors (Lipinski definition) is 4. The Morgan fingerprint density at radius 1 is 0.680 bits per heavy atom. The van der Waals surface area contributed by atoms with Crippen LogP contribution in [0.25, 0.3) is 22.4 Å². The van der Waals surface area contributed by atoms with Gasteiger partial charge < -0.3 is 24.7 Å². The number of aromatic amines is 1. The molecule has 6 aromatic rings. The lowest BCUT2D eigenvalue weighted by Gasteiger charge is -2.46. The molecule has 0 saturated heterocycles. The molecule has 3 atom stereocenters. The molecule has 0 bridgehead atoms. The third kappa shape index (κ3) is 3.77. The second kappa shape index (κ2) is 10.4. The van der Waals surface area contributed by atoms with Crippen LogP contribution in [0.5, 0.6) is 17.2 Å². The number of rotatable bonds is 3. The Hall–Kier alpha value is -6.20. The Morgan fingerprint density at radius 2 is 1.44 bits per heavy atom. The van der Waals surface area contributed by atoms with E-state index in [4.69, 9.17) is 9.47 Å². The van der Waals surface area contributed by atoms with Crippen LogP contribution < -0.4 is 19.7 Å². The maximum absolute atomic E-state index is 6.87. The number of nitrogens with zero attached hydrogens (tertiary/aromatic N) is 1. The highest BCUT2D eigenvalue weighted by Gasteiger charge is 2.51. The number of hydrogen-bond donors (Lipinski definition) is 2. The summed E-state index contributed by atoms with van der Waals surface area (Å²) in [7, 11) is 0. The molecule has 1 aliphatic carbocycles. The van der Waals surface area contributed by atoms with E-state index in [0.29, 0.717) is 0 Å². The van der Waals surface area contributed by atoms with E-state index in [-0.39, 0.29) is 12.1 Å². The zero-order valence-electron chi connectivity index (χ0n) is 27.3. The number of aromatic nitrogens is 1. The maximum Gasteiger partial charge on any atom is 0.132 e. The fourth-order valence-corrected chi connectivity index (χ4v) is 9.06. The van der Waals surface area contributed by atoms with Crippen LogP contribution in [0.4, 0.5) is 11.4 Å². The van der Waals surface area contributed by atoms with E-state index in [2.05, 4.69) is 155 Å². The van der Waals surface area contributed by atoms with Crippen molar-refractivity contribution >= 4 is 11.4 Å². The van der Waals surface area contributed by atoms with Crippen LogP contribution in [0.15, 0.2) is 163 Å². The predicted molar refractivity (Wildman–Crippen MR) is 198 cm³/mol. The Morgan fingerprint density at radius 3 is 2.32 bits per heavy atom. The van der Waals surface area contributed by atoms with Gasteiger partial charge in [0.2, 0.25) is 0 Å². The SMILES string of the molecule is C1=CC2=C(CC1)C1(c3ccc(-c4ccc[nH]4)cc3O2)c2ccccc2Oc2cc(-c3ccc4c(c3)C3C=CNC3N4c3ccccc3)ccc21. The van der Waals surface area contributed by atoms with E-state index < -0.39 is 5.41 Å². The summed E-state index contributed by atoms with van der Waals surface area (Å²) in [5, 5.41) is 3.60. The van der Waals surface area contributed by atoms with E-state index in [0.717, 1.165) is 69.4 Å². The highest BCUT2D eigenvalue weighted by molar-refractivity contribution is 5.81. The number of nitrogens with one attached hydrogen (secondary N) is 2. The van der Waals surface area contributed by atoms with Gasteiger partial charge in [0.15, 0.2) is 0 Å². The van der Waals surface area contributed by atoms with Gasteiger partial charge in [0.25, 0.3) is 0 Å². The van der Waals surface area contributed by atoms with Crippen LogP contribution in [0.2, 0.25) is 0 Å². The Labute approximate surface area is 290 Å². The highest BCUT2D eigenvalue weighted by atomic mass is 16.5. The molecule has 4 aliphatic heterocycles. The van der Waals surface area contributed by atoms with Crippen molar-refractivity contribution in [3.05, 3.63) is 186 Å². The number of H-pyrrole nitrogens is 1. The summed E-state index contributed by atoms with van der Waals surface area (Å²) in [5.41, 5.74) is 12.5. The minimum Gasteiger partial charge on any atom is -0.457 e. The van der Waals surface area contributed by atoms with Gasteiger partial charge in [0.1, 0.15) is 29.2 Å². The van der Waals surface area contributed by atoms with Crippen molar-refractivity contribution in [2.45, 2.75) is 30.3 Å². The minimum atomic E-state index is -0.549. The number of benzene rings is 5. The first kappa shape index (κ1) is 27.7. The zero-order valence-corrected chi connectivity index (χ0v) is 27.3. The molecule has 2 N–H and O–H groups in total. The van der Waals surface area contributed by atoms with Crippen molar-refractivity contribution in [3.63, 3.8) is 0 Å². The van der Waals surface area contributed by atoms with Crippen molar-refractivity contribution in [3.8, 4) is 39.6 Å². The lowest BCUT2D eigenvalue weighted by atomic mass is 9.60. The quantitative estimate of drug-likeness (QED) is 0.201. The van der Waals surface area contributed by atoms with Gasteiger partial charge in [-0.25, -0.2) is 0 Å². The van der Waals surface area contributed by atoms with Crippen LogP contribution in [-0.2, 0) is 5.41 Å². The molecule has 11 rings (SSSR count). The summed E-state index contributed by atoms with van der Waals surface area (Å²) >= 11 is 0. The lowest BCUT2D eigenvalue weighted by Crippen LogP contribution is -2.39. The molecule has 5 heterocycles. The molecule has 0 saturated carbocycles. The van der Waals surface area contributed by atoms with Gasteiger partial charge in [0, 0.05) is 51.4 Å². The first-order valence-corrected chi connectivity index (χ1v) is 17.5. The van der Waals surface area contributed by atoms with Crippen LogP contribution in [0.1, 0.15) is 41.0 Å². The first-order valence-electron chi connectivity index (χ1n) is 17.5. The average molecular weight is 648 g/mol. The Kier molecular flexibility index (Phi) is 5.77. The summed E-state index contributed by atoms with van der Waals surface area (Å²) < 4.78 is 13.6. The molecule has 5 nitrogen and oxygen atoms in total. The largest absolute Gasteiger partial charge is 0.457 e. The van der Waals surface area contributed by atoms with E-state index in [1.807, 2.05) is 12.3 Å². The third-order valence-electron chi connectivity index (χ3n) is 11.2. The number of ether oxygens (including phenoxy) is 2. The molecular formula is C45H33N3O2. The fraction of sp³-hybridized carbons (Fsp3) is 0.111. The topological polar surface area (TPSA) is 49.5 Å². The molecule has 1 spiro atoms. The second-order valence-corrected chi connectivity index (χ2v) is 13.7. The number of fused-ring (bicyclic) bond motifs is 10. The molecule has 5 heteroatoms. The minimum absolute atomic E-state index is 0.170.